The van der Waals surface area contributed by atoms with Gasteiger partial charge in [-0.25, -0.2) is 8.42 Å². The summed E-state index contributed by atoms with van der Waals surface area (Å²) in [4.78, 5) is 13.7. The fraction of sp³-hybridized carbons (Fsp3) is 0.700. The van der Waals surface area contributed by atoms with Crippen molar-refractivity contribution in [2.75, 3.05) is 36.6 Å². The first-order valence-electron chi connectivity index (χ1n) is 5.93. The van der Waals surface area contributed by atoms with Gasteiger partial charge in [-0.2, -0.15) is 15.0 Å². The van der Waals surface area contributed by atoms with Crippen molar-refractivity contribution in [3.05, 3.63) is 5.28 Å². The average Bonchev–Trinajstić information content (AvgIpc) is 2.65. The number of rotatable bonds is 4. The van der Waals surface area contributed by atoms with E-state index in [2.05, 4.69) is 20.3 Å². The van der Waals surface area contributed by atoms with Gasteiger partial charge in [0.25, 0.3) is 0 Å². The van der Waals surface area contributed by atoms with Gasteiger partial charge in [-0.15, -0.1) is 0 Å². The highest BCUT2D eigenvalue weighted by atomic mass is 35.5. The van der Waals surface area contributed by atoms with Gasteiger partial charge in [0, 0.05) is 20.6 Å². The number of nitrogens with zero attached hydrogens (tertiary/aromatic N) is 4. The van der Waals surface area contributed by atoms with E-state index < -0.39 is 9.84 Å². The van der Waals surface area contributed by atoms with Crippen LogP contribution in [-0.2, 0) is 9.84 Å². The number of nitrogens with one attached hydrogen (secondary N) is 1. The maximum Gasteiger partial charge on any atom is 0.230 e. The van der Waals surface area contributed by atoms with Gasteiger partial charge in [-0.1, -0.05) is 0 Å². The Morgan fingerprint density at radius 1 is 1.37 bits per heavy atom. The Morgan fingerprint density at radius 3 is 2.68 bits per heavy atom. The van der Waals surface area contributed by atoms with E-state index in [9.17, 15) is 8.42 Å². The van der Waals surface area contributed by atoms with E-state index >= 15 is 0 Å². The molecule has 1 aliphatic heterocycles. The average molecular weight is 306 g/mol. The highest BCUT2D eigenvalue weighted by Gasteiger charge is 2.31. The molecular formula is C10H16ClN5O2S. The lowest BCUT2D eigenvalue weighted by Gasteiger charge is -2.13. The number of halogens is 1. The summed E-state index contributed by atoms with van der Waals surface area (Å²) in [6.45, 7) is 0.301. The molecule has 0 spiro atoms. The van der Waals surface area contributed by atoms with Crippen molar-refractivity contribution in [2.24, 2.45) is 0 Å². The van der Waals surface area contributed by atoms with Crippen LogP contribution < -0.4 is 10.2 Å². The molecule has 0 radical (unpaired) electrons. The Balaban J connectivity index is 2.07. The molecule has 1 N–H and O–H groups in total. The minimum Gasteiger partial charge on any atom is -0.353 e. The van der Waals surface area contributed by atoms with E-state index in [0.717, 1.165) is 6.42 Å². The normalized spacial score (nSPS) is 21.3. The number of hydrogen-bond donors (Lipinski definition) is 1. The van der Waals surface area contributed by atoms with Crippen LogP contribution in [0.1, 0.15) is 12.8 Å². The van der Waals surface area contributed by atoms with Crippen LogP contribution in [0.4, 0.5) is 11.9 Å². The molecule has 0 saturated carbocycles. The summed E-state index contributed by atoms with van der Waals surface area (Å²) in [5.41, 5.74) is 0. The lowest BCUT2D eigenvalue weighted by molar-refractivity contribution is 0.591. The first-order chi connectivity index (χ1) is 8.88. The van der Waals surface area contributed by atoms with Crippen LogP contribution in [0.5, 0.6) is 0 Å². The molecule has 1 fully saturated rings. The largest absolute Gasteiger partial charge is 0.353 e. The third-order valence-electron chi connectivity index (χ3n) is 2.95. The molecule has 0 amide bonds. The van der Waals surface area contributed by atoms with E-state index in [1.54, 1.807) is 19.0 Å². The first kappa shape index (κ1) is 14.3. The summed E-state index contributed by atoms with van der Waals surface area (Å²) in [6.07, 6.45) is 1.39. The van der Waals surface area contributed by atoms with Crippen LogP contribution in [0.15, 0.2) is 0 Å². The minimum atomic E-state index is -2.97. The van der Waals surface area contributed by atoms with Gasteiger partial charge in [-0.05, 0) is 24.4 Å². The molecule has 1 atom stereocenters. The third-order valence-corrected chi connectivity index (χ3v) is 5.39. The summed E-state index contributed by atoms with van der Waals surface area (Å²) >= 11 is 5.80. The summed E-state index contributed by atoms with van der Waals surface area (Å²) < 4.78 is 23.4. The van der Waals surface area contributed by atoms with Crippen molar-refractivity contribution >= 4 is 33.3 Å². The van der Waals surface area contributed by atoms with Crippen LogP contribution >= 0.6 is 11.6 Å². The molecule has 1 aromatic heterocycles. The molecule has 1 saturated heterocycles. The van der Waals surface area contributed by atoms with Gasteiger partial charge in [-0.3, -0.25) is 0 Å². The summed E-state index contributed by atoms with van der Waals surface area (Å²) in [6, 6.07) is 0. The van der Waals surface area contributed by atoms with E-state index in [1.165, 1.54) is 0 Å². The topological polar surface area (TPSA) is 88.1 Å². The molecule has 0 aliphatic carbocycles. The molecule has 1 aliphatic rings. The Hall–Kier alpha value is -1.15. The molecular weight excluding hydrogens is 290 g/mol. The fourth-order valence-electron chi connectivity index (χ4n) is 1.91. The lowest BCUT2D eigenvalue weighted by atomic mass is 10.2. The molecule has 19 heavy (non-hydrogen) atoms. The molecule has 1 aromatic rings. The molecule has 0 aromatic carbocycles. The zero-order valence-corrected chi connectivity index (χ0v) is 12.4. The number of hydrogen-bond acceptors (Lipinski definition) is 7. The number of anilines is 2. The van der Waals surface area contributed by atoms with Crippen LogP contribution in [0.25, 0.3) is 0 Å². The van der Waals surface area contributed by atoms with Crippen LogP contribution in [0, 0.1) is 0 Å². The Morgan fingerprint density at radius 2 is 2.11 bits per heavy atom. The molecule has 2 heterocycles. The Bertz CT molecular complexity index is 563. The highest BCUT2D eigenvalue weighted by molar-refractivity contribution is 7.92. The standard InChI is InChI=1S/C10H16ClN5O2S/c1-16(2)10-14-8(11)13-9(15-10)12-6-7-4-3-5-19(7,17)18/h7H,3-6H2,1-2H3,(H,12,13,14,15). The van der Waals surface area contributed by atoms with Gasteiger partial charge >= 0.3 is 0 Å². The third kappa shape index (κ3) is 3.44. The fourth-order valence-corrected chi connectivity index (χ4v) is 3.83. The van der Waals surface area contributed by atoms with Gasteiger partial charge in [0.1, 0.15) is 0 Å². The molecule has 106 valence electrons. The summed E-state index contributed by atoms with van der Waals surface area (Å²) in [5, 5.41) is 2.64. The highest BCUT2D eigenvalue weighted by Crippen LogP contribution is 2.20. The van der Waals surface area contributed by atoms with Crippen molar-refractivity contribution in [1.82, 2.24) is 15.0 Å². The smallest absolute Gasteiger partial charge is 0.230 e. The quantitative estimate of drug-likeness (QED) is 0.870. The van der Waals surface area contributed by atoms with Crippen LogP contribution in [0.2, 0.25) is 5.28 Å². The number of aromatic nitrogens is 3. The SMILES string of the molecule is CN(C)c1nc(Cl)nc(NCC2CCCS2(=O)=O)n1. The summed E-state index contributed by atoms with van der Waals surface area (Å²) in [7, 11) is 0.606. The monoisotopic (exact) mass is 305 g/mol. The predicted molar refractivity (Wildman–Crippen MR) is 74.5 cm³/mol. The molecule has 0 bridgehead atoms. The molecule has 7 nitrogen and oxygen atoms in total. The maximum absolute atomic E-state index is 11.7. The van der Waals surface area contributed by atoms with Crippen molar-refractivity contribution < 1.29 is 8.42 Å². The van der Waals surface area contributed by atoms with Gasteiger partial charge in [0.2, 0.25) is 17.2 Å². The number of sulfone groups is 1. The summed E-state index contributed by atoms with van der Waals surface area (Å²) in [5.74, 6) is 0.989. The Labute approximate surface area is 117 Å². The second kappa shape index (κ2) is 5.46. The van der Waals surface area contributed by atoms with Crippen molar-refractivity contribution in [1.29, 1.82) is 0 Å². The van der Waals surface area contributed by atoms with Crippen LogP contribution in [0.3, 0.4) is 0 Å². The molecule has 1 unspecified atom stereocenters. The van der Waals surface area contributed by atoms with E-state index in [1.807, 2.05) is 0 Å². The second-order valence-corrected chi connectivity index (χ2v) is 7.37. The maximum atomic E-state index is 11.7. The molecule has 9 heteroatoms. The lowest BCUT2D eigenvalue weighted by Crippen LogP contribution is -2.26. The molecule has 2 rings (SSSR count). The van der Waals surface area contributed by atoms with Gasteiger partial charge in [0.05, 0.1) is 11.0 Å². The predicted octanol–water partition coefficient (Wildman–Crippen LogP) is 0.580. The van der Waals surface area contributed by atoms with Gasteiger partial charge < -0.3 is 10.2 Å². The van der Waals surface area contributed by atoms with Crippen molar-refractivity contribution in [3.8, 4) is 0 Å². The first-order valence-corrected chi connectivity index (χ1v) is 8.02. The zero-order valence-electron chi connectivity index (χ0n) is 10.8. The van der Waals surface area contributed by atoms with Gasteiger partial charge in [0.15, 0.2) is 9.84 Å². The van der Waals surface area contributed by atoms with Crippen molar-refractivity contribution in [3.63, 3.8) is 0 Å². The second-order valence-electron chi connectivity index (χ2n) is 4.63. The van der Waals surface area contributed by atoms with E-state index in [-0.39, 0.29) is 16.3 Å². The van der Waals surface area contributed by atoms with E-state index in [4.69, 9.17) is 11.6 Å². The Kier molecular flexibility index (Phi) is 4.10. The zero-order chi connectivity index (χ0) is 14.0. The minimum absolute atomic E-state index is 0.0791. The van der Waals surface area contributed by atoms with Crippen LogP contribution in [-0.4, -0.2) is 55.0 Å². The van der Waals surface area contributed by atoms with Crippen molar-refractivity contribution in [2.45, 2.75) is 18.1 Å². The van der Waals surface area contributed by atoms with E-state index in [0.29, 0.717) is 24.9 Å².